The van der Waals surface area contributed by atoms with Crippen LogP contribution in [0.25, 0.3) is 0 Å². The molecule has 7 heteroatoms. The van der Waals surface area contributed by atoms with Gasteiger partial charge in [-0.3, -0.25) is 4.79 Å². The summed E-state index contributed by atoms with van der Waals surface area (Å²) in [5, 5.41) is 2.55. The Morgan fingerprint density at radius 2 is 1.69 bits per heavy atom. The molecule has 1 aromatic carbocycles. The lowest BCUT2D eigenvalue weighted by atomic mass is 9.97. The lowest BCUT2D eigenvalue weighted by Crippen LogP contribution is -2.50. The Kier molecular flexibility index (Phi) is 8.49. The first-order valence-electron chi connectivity index (χ1n) is 10.2. The number of carbonyl (C=O) groups is 3. The van der Waals surface area contributed by atoms with Crippen molar-refractivity contribution in [1.29, 1.82) is 0 Å². The van der Waals surface area contributed by atoms with Gasteiger partial charge in [0.2, 0.25) is 0 Å². The van der Waals surface area contributed by atoms with Gasteiger partial charge < -0.3 is 19.7 Å². The number of carbonyl (C=O) groups excluding carboxylic acids is 3. The second kappa shape index (κ2) is 10.8. The molecule has 0 aromatic heterocycles. The highest BCUT2D eigenvalue weighted by Crippen LogP contribution is 2.22. The van der Waals surface area contributed by atoms with E-state index in [1.54, 1.807) is 18.7 Å². The summed E-state index contributed by atoms with van der Waals surface area (Å²) in [6.45, 7) is 7.39. The van der Waals surface area contributed by atoms with Gasteiger partial charge in [0.05, 0.1) is 0 Å². The van der Waals surface area contributed by atoms with Crippen LogP contribution in [-0.2, 0) is 25.7 Å². The molecular weight excluding hydrogens is 372 g/mol. The number of benzene rings is 1. The molecule has 1 fully saturated rings. The van der Waals surface area contributed by atoms with Gasteiger partial charge in [0, 0.05) is 12.1 Å². The molecule has 1 aliphatic rings. The Morgan fingerprint density at radius 3 is 2.28 bits per heavy atom. The van der Waals surface area contributed by atoms with Gasteiger partial charge in [0.1, 0.15) is 12.6 Å². The van der Waals surface area contributed by atoms with Crippen molar-refractivity contribution in [2.24, 2.45) is 5.92 Å². The largest absolute Gasteiger partial charge is 0.454 e. The summed E-state index contributed by atoms with van der Waals surface area (Å²) in [6.07, 6.45) is 2.30. The SMILES string of the molecule is CC(C)[C@H](NC(=O)OCc1ccccc1)C(=O)OCC(=O)N1[C@@H](C)CCC[C@@H]1C. The van der Waals surface area contributed by atoms with E-state index in [-0.39, 0.29) is 37.1 Å². The minimum absolute atomic E-state index is 0.107. The van der Waals surface area contributed by atoms with Gasteiger partial charge >= 0.3 is 12.1 Å². The van der Waals surface area contributed by atoms with Crippen LogP contribution in [0.3, 0.4) is 0 Å². The standard InChI is InChI=1S/C22H32N2O5/c1-15(2)20(23-22(27)29-13-18-11-6-5-7-12-18)21(26)28-14-19(25)24-16(3)9-8-10-17(24)4/h5-7,11-12,15-17,20H,8-10,13-14H2,1-4H3,(H,23,27)/t16-,17-,20-/m0/s1. The maximum Gasteiger partial charge on any atom is 0.408 e. The first kappa shape index (κ1) is 22.7. The van der Waals surface area contributed by atoms with Crippen LogP contribution in [0.4, 0.5) is 4.79 Å². The maximum atomic E-state index is 12.5. The molecule has 0 spiro atoms. The topological polar surface area (TPSA) is 84.9 Å². The van der Waals surface area contributed by atoms with Crippen molar-refractivity contribution >= 4 is 18.0 Å². The lowest BCUT2D eigenvalue weighted by Gasteiger charge is -2.39. The average Bonchev–Trinajstić information content (AvgIpc) is 2.69. The molecule has 0 aliphatic carbocycles. The zero-order valence-corrected chi connectivity index (χ0v) is 17.7. The molecule has 0 bridgehead atoms. The average molecular weight is 405 g/mol. The van der Waals surface area contributed by atoms with Crippen molar-refractivity contribution in [2.45, 2.75) is 71.7 Å². The van der Waals surface area contributed by atoms with E-state index >= 15 is 0 Å². The first-order chi connectivity index (χ1) is 13.8. The zero-order valence-electron chi connectivity index (χ0n) is 17.7. The molecule has 1 saturated heterocycles. The van der Waals surface area contributed by atoms with Gasteiger partial charge in [-0.15, -0.1) is 0 Å². The van der Waals surface area contributed by atoms with Gasteiger partial charge in [-0.05, 0) is 44.6 Å². The fraction of sp³-hybridized carbons (Fsp3) is 0.591. The lowest BCUT2D eigenvalue weighted by molar-refractivity contribution is -0.157. The maximum absolute atomic E-state index is 12.5. The van der Waals surface area contributed by atoms with Gasteiger partial charge in [0.25, 0.3) is 5.91 Å². The number of likely N-dealkylation sites (tertiary alicyclic amines) is 1. The van der Waals surface area contributed by atoms with Crippen LogP contribution in [0.2, 0.25) is 0 Å². The number of nitrogens with one attached hydrogen (secondary N) is 1. The number of ether oxygens (including phenoxy) is 2. The number of alkyl carbamates (subject to hydrolysis) is 1. The minimum atomic E-state index is -0.887. The predicted octanol–water partition coefficient (Wildman–Crippen LogP) is 3.27. The number of amides is 2. The normalized spacial score (nSPS) is 20.1. The minimum Gasteiger partial charge on any atom is -0.454 e. The molecule has 0 radical (unpaired) electrons. The molecule has 1 N–H and O–H groups in total. The second-order valence-corrected chi connectivity index (χ2v) is 7.97. The van der Waals surface area contributed by atoms with Crippen molar-refractivity contribution in [3.63, 3.8) is 0 Å². The molecule has 2 amide bonds. The first-order valence-corrected chi connectivity index (χ1v) is 10.2. The van der Waals surface area contributed by atoms with E-state index in [1.165, 1.54) is 0 Å². The third-order valence-corrected chi connectivity index (χ3v) is 5.23. The summed E-state index contributed by atoms with van der Waals surface area (Å²) in [5.74, 6) is -1.05. The monoisotopic (exact) mass is 404 g/mol. The van der Waals surface area contributed by atoms with E-state index in [4.69, 9.17) is 9.47 Å². The smallest absolute Gasteiger partial charge is 0.408 e. The fourth-order valence-electron chi connectivity index (χ4n) is 3.60. The molecule has 7 nitrogen and oxygen atoms in total. The highest BCUT2D eigenvalue weighted by atomic mass is 16.6. The summed E-state index contributed by atoms with van der Waals surface area (Å²) in [7, 11) is 0. The highest BCUT2D eigenvalue weighted by molar-refractivity contribution is 5.85. The van der Waals surface area contributed by atoms with Crippen LogP contribution >= 0.6 is 0 Å². The van der Waals surface area contributed by atoms with Crippen LogP contribution in [0.15, 0.2) is 30.3 Å². The summed E-state index contributed by atoms with van der Waals surface area (Å²) in [4.78, 5) is 38.9. The summed E-state index contributed by atoms with van der Waals surface area (Å²) in [6, 6.07) is 8.65. The Morgan fingerprint density at radius 1 is 1.07 bits per heavy atom. The number of esters is 1. The number of piperidine rings is 1. The van der Waals surface area contributed by atoms with E-state index < -0.39 is 18.1 Å². The highest BCUT2D eigenvalue weighted by Gasteiger charge is 2.31. The van der Waals surface area contributed by atoms with Crippen molar-refractivity contribution in [1.82, 2.24) is 10.2 Å². The zero-order chi connectivity index (χ0) is 21.4. The number of rotatable bonds is 7. The molecule has 1 heterocycles. The molecule has 160 valence electrons. The Bertz CT molecular complexity index is 682. The molecule has 3 atom stereocenters. The predicted molar refractivity (Wildman–Crippen MR) is 109 cm³/mol. The van der Waals surface area contributed by atoms with Crippen molar-refractivity contribution in [2.75, 3.05) is 6.61 Å². The molecule has 29 heavy (non-hydrogen) atoms. The number of nitrogens with zero attached hydrogens (tertiary/aromatic N) is 1. The Balaban J connectivity index is 1.85. The van der Waals surface area contributed by atoms with Crippen LogP contribution in [0.1, 0.15) is 52.5 Å². The van der Waals surface area contributed by atoms with E-state index in [2.05, 4.69) is 5.32 Å². The van der Waals surface area contributed by atoms with E-state index in [0.717, 1.165) is 24.8 Å². The molecule has 2 rings (SSSR count). The van der Waals surface area contributed by atoms with E-state index in [1.807, 2.05) is 44.2 Å². The molecular formula is C22H32N2O5. The molecule has 1 aromatic rings. The molecule has 1 aliphatic heterocycles. The van der Waals surface area contributed by atoms with E-state index in [0.29, 0.717) is 0 Å². The van der Waals surface area contributed by atoms with Crippen molar-refractivity contribution < 1.29 is 23.9 Å². The summed E-state index contributed by atoms with van der Waals surface area (Å²) < 4.78 is 10.4. The van der Waals surface area contributed by atoms with Crippen LogP contribution < -0.4 is 5.32 Å². The van der Waals surface area contributed by atoms with Crippen LogP contribution in [0.5, 0.6) is 0 Å². The Labute approximate surface area is 172 Å². The van der Waals surface area contributed by atoms with Gasteiger partial charge in [-0.25, -0.2) is 9.59 Å². The third-order valence-electron chi connectivity index (χ3n) is 5.23. The molecule has 0 saturated carbocycles. The number of hydrogen-bond donors (Lipinski definition) is 1. The number of hydrogen-bond acceptors (Lipinski definition) is 5. The Hall–Kier alpha value is -2.57. The summed E-state index contributed by atoms with van der Waals surface area (Å²) in [5.41, 5.74) is 0.849. The van der Waals surface area contributed by atoms with Crippen LogP contribution in [-0.4, -0.2) is 47.6 Å². The summed E-state index contributed by atoms with van der Waals surface area (Å²) >= 11 is 0. The van der Waals surface area contributed by atoms with E-state index in [9.17, 15) is 14.4 Å². The van der Waals surface area contributed by atoms with Crippen LogP contribution in [0, 0.1) is 5.92 Å². The third kappa shape index (κ3) is 6.76. The van der Waals surface area contributed by atoms with Gasteiger partial charge in [0.15, 0.2) is 6.61 Å². The van der Waals surface area contributed by atoms with Crippen molar-refractivity contribution in [3.05, 3.63) is 35.9 Å². The molecule has 0 unspecified atom stereocenters. The van der Waals surface area contributed by atoms with Gasteiger partial charge in [-0.1, -0.05) is 44.2 Å². The second-order valence-electron chi connectivity index (χ2n) is 7.97. The fourth-order valence-corrected chi connectivity index (χ4v) is 3.60. The quantitative estimate of drug-likeness (QED) is 0.705. The van der Waals surface area contributed by atoms with Gasteiger partial charge in [-0.2, -0.15) is 0 Å². The van der Waals surface area contributed by atoms with Crippen molar-refractivity contribution in [3.8, 4) is 0 Å².